The number of aldehydes is 1. The summed E-state index contributed by atoms with van der Waals surface area (Å²) in [6.45, 7) is 8.82. The van der Waals surface area contributed by atoms with E-state index in [0.29, 0.717) is 24.2 Å². The number of phenolic OH excluding ortho intramolecular Hbond substituents is 2. The molecule has 0 aromatic heterocycles. The van der Waals surface area contributed by atoms with Gasteiger partial charge in [0.25, 0.3) is 0 Å². The molecule has 4 heteroatoms. The van der Waals surface area contributed by atoms with Gasteiger partial charge in [-0.2, -0.15) is 0 Å². The highest BCUT2D eigenvalue weighted by atomic mass is 16.3. The number of aromatic hydroxyl groups is 2. The molecule has 26 heavy (non-hydrogen) atoms. The van der Waals surface area contributed by atoms with Crippen LogP contribution in [0.5, 0.6) is 11.5 Å². The lowest BCUT2D eigenvalue weighted by Crippen LogP contribution is -2.58. The van der Waals surface area contributed by atoms with Crippen molar-refractivity contribution in [3.63, 3.8) is 0 Å². The van der Waals surface area contributed by atoms with E-state index in [4.69, 9.17) is 0 Å². The molecular formula is C22H32O4. The van der Waals surface area contributed by atoms with Crippen molar-refractivity contribution < 1.29 is 20.1 Å². The molecule has 0 spiro atoms. The van der Waals surface area contributed by atoms with Gasteiger partial charge >= 0.3 is 0 Å². The first kappa shape index (κ1) is 19.2. The third-order valence-corrected chi connectivity index (χ3v) is 7.60. The quantitative estimate of drug-likeness (QED) is 0.550. The molecule has 2 fully saturated rings. The van der Waals surface area contributed by atoms with E-state index in [1.54, 1.807) is 0 Å². The van der Waals surface area contributed by atoms with Gasteiger partial charge in [0, 0.05) is 5.56 Å². The third-order valence-electron chi connectivity index (χ3n) is 7.60. The molecule has 3 N–H and O–H groups in total. The lowest BCUT2D eigenvalue weighted by molar-refractivity contribution is -0.166. The zero-order valence-corrected chi connectivity index (χ0v) is 16.4. The Kier molecular flexibility index (Phi) is 4.63. The van der Waals surface area contributed by atoms with E-state index in [2.05, 4.69) is 20.8 Å². The number of carbonyl (C=O) groups excluding carboxylic acids is 1. The maximum atomic E-state index is 11.5. The maximum absolute atomic E-state index is 11.5. The number of phenols is 2. The molecule has 4 atom stereocenters. The van der Waals surface area contributed by atoms with Gasteiger partial charge in [-0.05, 0) is 73.8 Å². The molecule has 0 amide bonds. The highest BCUT2D eigenvalue weighted by Crippen LogP contribution is 2.62. The summed E-state index contributed by atoms with van der Waals surface area (Å²) in [6.07, 6.45) is 6.07. The SMILES string of the molecule is CC1(C)CCCC2(C)C1CCC(C)(O)C2Cc1c(O)ccc(O)c1C=O. The van der Waals surface area contributed by atoms with E-state index in [1.807, 2.05) is 6.92 Å². The Bertz CT molecular complexity index is 706. The van der Waals surface area contributed by atoms with E-state index in [1.165, 1.54) is 18.6 Å². The summed E-state index contributed by atoms with van der Waals surface area (Å²) in [5, 5.41) is 31.7. The molecule has 4 nitrogen and oxygen atoms in total. The minimum Gasteiger partial charge on any atom is -0.508 e. The highest BCUT2D eigenvalue weighted by Gasteiger charge is 2.57. The Morgan fingerprint density at radius 2 is 1.73 bits per heavy atom. The van der Waals surface area contributed by atoms with Gasteiger partial charge in [0.1, 0.15) is 11.5 Å². The fraction of sp³-hybridized carbons (Fsp3) is 0.682. The standard InChI is InChI=1S/C22H32O4/c1-20(2)9-5-10-21(3)18(20)8-11-22(4,26)19(21)12-14-15(13-23)17(25)7-6-16(14)24/h6-7,13,18-19,24-26H,5,8-12H2,1-4H3. The van der Waals surface area contributed by atoms with Crippen LogP contribution < -0.4 is 0 Å². The van der Waals surface area contributed by atoms with Gasteiger partial charge in [0.05, 0.1) is 11.2 Å². The summed E-state index contributed by atoms with van der Waals surface area (Å²) in [5.74, 6) is 0.309. The smallest absolute Gasteiger partial charge is 0.154 e. The number of aliphatic hydroxyl groups is 1. The Morgan fingerprint density at radius 3 is 2.38 bits per heavy atom. The molecule has 1 aromatic rings. The van der Waals surface area contributed by atoms with Crippen LogP contribution in [0.4, 0.5) is 0 Å². The van der Waals surface area contributed by atoms with Gasteiger partial charge in [-0.15, -0.1) is 0 Å². The summed E-state index contributed by atoms with van der Waals surface area (Å²) < 4.78 is 0. The minimum absolute atomic E-state index is 0.0153. The van der Waals surface area contributed by atoms with Crippen LogP contribution >= 0.6 is 0 Å². The summed E-state index contributed by atoms with van der Waals surface area (Å²) >= 11 is 0. The largest absolute Gasteiger partial charge is 0.508 e. The second kappa shape index (κ2) is 6.26. The molecule has 0 radical (unpaired) electrons. The number of hydrogen-bond donors (Lipinski definition) is 3. The van der Waals surface area contributed by atoms with E-state index >= 15 is 0 Å². The van der Waals surface area contributed by atoms with Crippen molar-refractivity contribution in [2.45, 2.75) is 71.8 Å². The average Bonchev–Trinajstić information content (AvgIpc) is 2.53. The number of rotatable bonds is 3. The van der Waals surface area contributed by atoms with Crippen LogP contribution in [0.3, 0.4) is 0 Å². The first-order valence-corrected chi connectivity index (χ1v) is 9.74. The number of fused-ring (bicyclic) bond motifs is 1. The Morgan fingerprint density at radius 1 is 1.08 bits per heavy atom. The highest BCUT2D eigenvalue weighted by molar-refractivity contribution is 5.83. The predicted molar refractivity (Wildman–Crippen MR) is 101 cm³/mol. The molecule has 3 rings (SSSR count). The van der Waals surface area contributed by atoms with Crippen molar-refractivity contribution >= 4 is 6.29 Å². The molecule has 144 valence electrons. The average molecular weight is 360 g/mol. The number of benzene rings is 1. The molecule has 2 saturated carbocycles. The Labute approximate surface area is 156 Å². The lowest BCUT2D eigenvalue weighted by atomic mass is 9.45. The minimum atomic E-state index is -0.864. The zero-order chi connectivity index (χ0) is 19.3. The van der Waals surface area contributed by atoms with E-state index in [0.717, 1.165) is 25.7 Å². The van der Waals surface area contributed by atoms with E-state index in [-0.39, 0.29) is 33.8 Å². The predicted octanol–water partition coefficient (Wildman–Crippen LogP) is 4.45. The van der Waals surface area contributed by atoms with Crippen molar-refractivity contribution in [3.8, 4) is 11.5 Å². The Balaban J connectivity index is 2.07. The van der Waals surface area contributed by atoms with Crippen molar-refractivity contribution in [1.29, 1.82) is 0 Å². The van der Waals surface area contributed by atoms with Gasteiger partial charge in [0.15, 0.2) is 6.29 Å². The van der Waals surface area contributed by atoms with Crippen LogP contribution in [0.15, 0.2) is 12.1 Å². The molecule has 2 aliphatic rings. The molecule has 0 heterocycles. The lowest BCUT2D eigenvalue weighted by Gasteiger charge is -2.61. The summed E-state index contributed by atoms with van der Waals surface area (Å²) in [5.41, 5.74) is -0.119. The van der Waals surface area contributed by atoms with Crippen LogP contribution in [0.2, 0.25) is 0 Å². The first-order valence-electron chi connectivity index (χ1n) is 9.74. The Hall–Kier alpha value is -1.55. The second-order valence-corrected chi connectivity index (χ2v) is 9.67. The van der Waals surface area contributed by atoms with Crippen molar-refractivity contribution in [1.82, 2.24) is 0 Å². The van der Waals surface area contributed by atoms with Crippen LogP contribution in [-0.4, -0.2) is 27.2 Å². The first-order chi connectivity index (χ1) is 12.0. The molecule has 2 aliphatic carbocycles. The van der Waals surface area contributed by atoms with Gasteiger partial charge < -0.3 is 15.3 Å². The topological polar surface area (TPSA) is 77.8 Å². The summed E-state index contributed by atoms with van der Waals surface area (Å²) in [4.78, 5) is 11.5. The van der Waals surface area contributed by atoms with E-state index in [9.17, 15) is 20.1 Å². The second-order valence-electron chi connectivity index (χ2n) is 9.67. The molecule has 1 aromatic carbocycles. The van der Waals surface area contributed by atoms with Crippen LogP contribution in [-0.2, 0) is 6.42 Å². The monoisotopic (exact) mass is 360 g/mol. The molecule has 0 aliphatic heterocycles. The van der Waals surface area contributed by atoms with Gasteiger partial charge in [0.2, 0.25) is 0 Å². The molecule has 4 unspecified atom stereocenters. The fourth-order valence-corrected chi connectivity index (χ4v) is 6.27. The van der Waals surface area contributed by atoms with Crippen molar-refractivity contribution in [3.05, 3.63) is 23.3 Å². The van der Waals surface area contributed by atoms with Gasteiger partial charge in [-0.1, -0.05) is 27.2 Å². The number of carbonyl (C=O) groups is 1. The van der Waals surface area contributed by atoms with Crippen LogP contribution in [0.25, 0.3) is 0 Å². The molecule has 0 bridgehead atoms. The van der Waals surface area contributed by atoms with Gasteiger partial charge in [-0.25, -0.2) is 0 Å². The fourth-order valence-electron chi connectivity index (χ4n) is 6.27. The summed E-state index contributed by atoms with van der Waals surface area (Å²) in [7, 11) is 0. The zero-order valence-electron chi connectivity index (χ0n) is 16.4. The van der Waals surface area contributed by atoms with Crippen LogP contribution in [0, 0.1) is 22.7 Å². The normalized spacial score (nSPS) is 36.3. The van der Waals surface area contributed by atoms with Gasteiger partial charge in [-0.3, -0.25) is 4.79 Å². The van der Waals surface area contributed by atoms with Crippen molar-refractivity contribution in [2.75, 3.05) is 0 Å². The van der Waals surface area contributed by atoms with Crippen LogP contribution in [0.1, 0.15) is 75.7 Å². The molecular weight excluding hydrogens is 328 g/mol. The van der Waals surface area contributed by atoms with Crippen molar-refractivity contribution in [2.24, 2.45) is 22.7 Å². The molecule has 0 saturated heterocycles. The maximum Gasteiger partial charge on any atom is 0.154 e. The van der Waals surface area contributed by atoms with E-state index < -0.39 is 5.60 Å². The summed E-state index contributed by atoms with van der Waals surface area (Å²) in [6, 6.07) is 2.77. The third kappa shape index (κ3) is 2.92. The number of hydrogen-bond acceptors (Lipinski definition) is 4.